The van der Waals surface area contributed by atoms with Gasteiger partial charge in [0.2, 0.25) is 4.96 Å². The van der Waals surface area contributed by atoms with Crippen molar-refractivity contribution < 1.29 is 4.39 Å². The van der Waals surface area contributed by atoms with Gasteiger partial charge in [-0.15, -0.1) is 10.2 Å². The SMILES string of the molecule is Fc1ccc(-c2nn3c(-c4ccccc4)nnc3s2)cc1. The summed E-state index contributed by atoms with van der Waals surface area (Å²) in [7, 11) is 0. The van der Waals surface area contributed by atoms with E-state index in [9.17, 15) is 4.39 Å². The topological polar surface area (TPSA) is 43.1 Å². The zero-order valence-corrected chi connectivity index (χ0v) is 11.6. The van der Waals surface area contributed by atoms with E-state index in [1.165, 1.54) is 23.5 Å². The van der Waals surface area contributed by atoms with Gasteiger partial charge in [0, 0.05) is 11.1 Å². The third-order valence-electron chi connectivity index (χ3n) is 3.11. The minimum atomic E-state index is -0.258. The number of rotatable bonds is 2. The lowest BCUT2D eigenvalue weighted by Crippen LogP contribution is -1.90. The Hall–Kier alpha value is -2.60. The second-order valence-corrected chi connectivity index (χ2v) is 5.45. The molecular formula is C15H9FN4S. The third-order valence-corrected chi connectivity index (χ3v) is 4.06. The van der Waals surface area contributed by atoms with Crippen molar-refractivity contribution in [3.05, 3.63) is 60.4 Å². The molecule has 0 saturated carbocycles. The molecule has 0 fully saturated rings. The summed E-state index contributed by atoms with van der Waals surface area (Å²) in [5.74, 6) is 0.446. The molecule has 0 unspecified atom stereocenters. The van der Waals surface area contributed by atoms with Gasteiger partial charge in [0.25, 0.3) is 0 Å². The van der Waals surface area contributed by atoms with Crippen molar-refractivity contribution in [1.82, 2.24) is 19.8 Å². The molecule has 0 atom stereocenters. The fourth-order valence-electron chi connectivity index (χ4n) is 2.09. The van der Waals surface area contributed by atoms with E-state index in [-0.39, 0.29) is 5.82 Å². The summed E-state index contributed by atoms with van der Waals surface area (Å²) in [4.78, 5) is 0.716. The summed E-state index contributed by atoms with van der Waals surface area (Å²) in [6, 6.07) is 16.1. The van der Waals surface area contributed by atoms with Gasteiger partial charge in [-0.1, -0.05) is 41.7 Å². The maximum atomic E-state index is 13.0. The van der Waals surface area contributed by atoms with E-state index >= 15 is 0 Å². The molecule has 2 heterocycles. The molecule has 21 heavy (non-hydrogen) atoms. The molecule has 0 aliphatic rings. The molecule has 4 aromatic rings. The summed E-state index contributed by atoms with van der Waals surface area (Å²) in [5, 5.41) is 13.7. The Labute approximate surface area is 123 Å². The highest BCUT2D eigenvalue weighted by molar-refractivity contribution is 7.19. The maximum Gasteiger partial charge on any atom is 0.235 e. The largest absolute Gasteiger partial charge is 0.235 e. The molecule has 102 valence electrons. The van der Waals surface area contributed by atoms with Gasteiger partial charge in [-0.05, 0) is 24.3 Å². The molecule has 2 aromatic heterocycles. The Morgan fingerprint density at radius 2 is 1.62 bits per heavy atom. The zero-order chi connectivity index (χ0) is 14.2. The number of benzene rings is 2. The van der Waals surface area contributed by atoms with Gasteiger partial charge in [-0.3, -0.25) is 0 Å². The summed E-state index contributed by atoms with van der Waals surface area (Å²) < 4.78 is 14.7. The second kappa shape index (κ2) is 4.75. The van der Waals surface area contributed by atoms with E-state index in [2.05, 4.69) is 15.3 Å². The molecule has 4 rings (SSSR count). The van der Waals surface area contributed by atoms with Gasteiger partial charge in [0.05, 0.1) is 0 Å². The van der Waals surface area contributed by atoms with Crippen LogP contribution in [-0.2, 0) is 0 Å². The lowest BCUT2D eigenvalue weighted by Gasteiger charge is -1.96. The van der Waals surface area contributed by atoms with Crippen LogP contribution in [0.2, 0.25) is 0 Å². The Morgan fingerprint density at radius 3 is 2.38 bits per heavy atom. The van der Waals surface area contributed by atoms with Crippen LogP contribution in [-0.4, -0.2) is 19.8 Å². The lowest BCUT2D eigenvalue weighted by atomic mass is 10.2. The first kappa shape index (κ1) is 12.2. The molecule has 6 heteroatoms. The van der Waals surface area contributed by atoms with Crippen molar-refractivity contribution in [2.45, 2.75) is 0 Å². The molecule has 0 bridgehead atoms. The summed E-state index contributed by atoms with van der Waals surface area (Å²) in [6.07, 6.45) is 0. The smallest absolute Gasteiger partial charge is 0.207 e. The molecule has 0 spiro atoms. The number of halogens is 1. The van der Waals surface area contributed by atoms with E-state index in [0.29, 0.717) is 10.8 Å². The quantitative estimate of drug-likeness (QED) is 0.567. The predicted octanol–water partition coefficient (Wildman–Crippen LogP) is 3.66. The molecule has 0 N–H and O–H groups in total. The predicted molar refractivity (Wildman–Crippen MR) is 79.5 cm³/mol. The number of hydrogen-bond acceptors (Lipinski definition) is 4. The van der Waals surface area contributed by atoms with Crippen LogP contribution in [0.25, 0.3) is 26.9 Å². The first-order valence-corrected chi connectivity index (χ1v) is 7.16. The van der Waals surface area contributed by atoms with Crippen molar-refractivity contribution in [1.29, 1.82) is 0 Å². The molecule has 4 nitrogen and oxygen atoms in total. The van der Waals surface area contributed by atoms with Crippen molar-refractivity contribution in [2.75, 3.05) is 0 Å². The summed E-state index contributed by atoms with van der Waals surface area (Å²) >= 11 is 1.43. The standard InChI is InChI=1S/C15H9FN4S/c16-12-8-6-11(7-9-12)14-19-20-13(17-18-15(20)21-14)10-4-2-1-3-5-10/h1-9H. The fourth-order valence-corrected chi connectivity index (χ4v) is 2.94. The molecule has 0 amide bonds. The highest BCUT2D eigenvalue weighted by atomic mass is 32.1. The van der Waals surface area contributed by atoms with Crippen LogP contribution in [0.15, 0.2) is 54.6 Å². The number of fused-ring (bicyclic) bond motifs is 1. The molecular weight excluding hydrogens is 287 g/mol. The second-order valence-electron chi connectivity index (χ2n) is 4.50. The lowest BCUT2D eigenvalue weighted by molar-refractivity contribution is 0.628. The third kappa shape index (κ3) is 2.09. The van der Waals surface area contributed by atoms with E-state index in [1.54, 1.807) is 16.6 Å². The Morgan fingerprint density at radius 1 is 0.857 bits per heavy atom. The monoisotopic (exact) mass is 296 g/mol. The molecule has 0 aliphatic carbocycles. The van der Waals surface area contributed by atoms with Crippen molar-refractivity contribution in [2.24, 2.45) is 0 Å². The Kier molecular flexibility index (Phi) is 2.75. The van der Waals surface area contributed by atoms with E-state index in [0.717, 1.165) is 16.1 Å². The summed E-state index contributed by atoms with van der Waals surface area (Å²) in [6.45, 7) is 0. The maximum absolute atomic E-state index is 13.0. The molecule has 0 aliphatic heterocycles. The van der Waals surface area contributed by atoms with Gasteiger partial charge >= 0.3 is 0 Å². The van der Waals surface area contributed by atoms with Gasteiger partial charge in [0.1, 0.15) is 10.8 Å². The van der Waals surface area contributed by atoms with Gasteiger partial charge in [-0.2, -0.15) is 9.61 Å². The average Bonchev–Trinajstić information content (AvgIpc) is 3.09. The molecule has 2 aromatic carbocycles. The highest BCUT2D eigenvalue weighted by Gasteiger charge is 2.14. The fraction of sp³-hybridized carbons (Fsp3) is 0. The van der Waals surface area contributed by atoms with Crippen LogP contribution in [0.3, 0.4) is 0 Å². The van der Waals surface area contributed by atoms with Gasteiger partial charge < -0.3 is 0 Å². The van der Waals surface area contributed by atoms with Crippen LogP contribution in [0.4, 0.5) is 4.39 Å². The van der Waals surface area contributed by atoms with Crippen LogP contribution < -0.4 is 0 Å². The van der Waals surface area contributed by atoms with Gasteiger partial charge in [0.15, 0.2) is 5.82 Å². The minimum absolute atomic E-state index is 0.258. The van der Waals surface area contributed by atoms with E-state index < -0.39 is 0 Å². The summed E-state index contributed by atoms with van der Waals surface area (Å²) in [5.41, 5.74) is 1.83. The Balaban J connectivity index is 1.84. The number of hydrogen-bond donors (Lipinski definition) is 0. The van der Waals surface area contributed by atoms with Crippen LogP contribution in [0, 0.1) is 5.82 Å². The normalized spacial score (nSPS) is 11.1. The highest BCUT2D eigenvalue weighted by Crippen LogP contribution is 2.27. The molecule has 0 saturated heterocycles. The van der Waals surface area contributed by atoms with E-state index in [4.69, 9.17) is 0 Å². The van der Waals surface area contributed by atoms with Crippen molar-refractivity contribution >= 4 is 16.3 Å². The van der Waals surface area contributed by atoms with Crippen LogP contribution in [0.5, 0.6) is 0 Å². The van der Waals surface area contributed by atoms with Crippen molar-refractivity contribution in [3.63, 3.8) is 0 Å². The van der Waals surface area contributed by atoms with Crippen molar-refractivity contribution in [3.8, 4) is 22.0 Å². The van der Waals surface area contributed by atoms with Crippen LogP contribution >= 0.6 is 11.3 Å². The first-order chi connectivity index (χ1) is 10.3. The minimum Gasteiger partial charge on any atom is -0.207 e. The van der Waals surface area contributed by atoms with E-state index in [1.807, 2.05) is 30.3 Å². The Bertz CT molecular complexity index is 896. The van der Waals surface area contributed by atoms with Gasteiger partial charge in [-0.25, -0.2) is 4.39 Å². The first-order valence-electron chi connectivity index (χ1n) is 6.35. The molecule has 0 radical (unpaired) electrons. The number of nitrogens with zero attached hydrogens (tertiary/aromatic N) is 4. The van der Waals surface area contributed by atoms with Crippen LogP contribution in [0.1, 0.15) is 0 Å². The zero-order valence-electron chi connectivity index (χ0n) is 10.8. The average molecular weight is 296 g/mol. The number of aromatic nitrogens is 4.